The molecule has 0 bridgehead atoms. The number of ether oxygens (including phenoxy) is 1. The lowest BCUT2D eigenvalue weighted by atomic mass is 10.2. The number of aromatic hydroxyl groups is 1. The first kappa shape index (κ1) is 13.6. The van der Waals surface area contributed by atoms with Crippen molar-refractivity contribution < 1.29 is 23.6 Å². The van der Waals surface area contributed by atoms with Gasteiger partial charge in [0.15, 0.2) is 27.6 Å². The average molecular weight is 353 g/mol. The van der Waals surface area contributed by atoms with E-state index in [1.54, 1.807) is 19.1 Å². The molecule has 8 heteroatoms. The fourth-order valence-corrected chi connectivity index (χ4v) is 2.16. The Morgan fingerprint density at radius 2 is 2.29 bits per heavy atom. The predicted octanol–water partition coefficient (Wildman–Crippen LogP) is 3.13. The van der Waals surface area contributed by atoms with Gasteiger partial charge in [0.25, 0.3) is 0 Å². The predicted molar refractivity (Wildman–Crippen MR) is 74.8 cm³/mol. The molecule has 0 amide bonds. The molecule has 0 unspecified atom stereocenters. The number of furan rings is 1. The van der Waals surface area contributed by atoms with Crippen molar-refractivity contribution in [3.8, 4) is 17.2 Å². The molecule has 21 heavy (non-hydrogen) atoms. The minimum Gasteiger partial charge on any atom is -0.502 e. The molecule has 0 saturated heterocycles. The van der Waals surface area contributed by atoms with Gasteiger partial charge in [0.2, 0.25) is 5.58 Å². The smallest absolute Gasteiger partial charge is 0.360 e. The Morgan fingerprint density at radius 1 is 1.48 bits per heavy atom. The normalized spacial score (nSPS) is 11.0. The highest BCUT2D eigenvalue weighted by Crippen LogP contribution is 2.35. The Labute approximate surface area is 126 Å². The van der Waals surface area contributed by atoms with Gasteiger partial charge in [0.1, 0.15) is 0 Å². The Balaban J connectivity index is 2.13. The van der Waals surface area contributed by atoms with Crippen molar-refractivity contribution in [2.24, 2.45) is 0 Å². The molecule has 3 aromatic heterocycles. The maximum atomic E-state index is 11.7. The Hall–Kier alpha value is -2.35. The first-order chi connectivity index (χ1) is 10.1. The van der Waals surface area contributed by atoms with E-state index in [0.717, 1.165) is 0 Å². The van der Waals surface area contributed by atoms with E-state index in [9.17, 15) is 9.90 Å². The van der Waals surface area contributed by atoms with Crippen LogP contribution in [-0.2, 0) is 4.74 Å². The molecular weight excluding hydrogens is 344 g/mol. The fourth-order valence-electron chi connectivity index (χ4n) is 1.85. The molecule has 0 fully saturated rings. The summed E-state index contributed by atoms with van der Waals surface area (Å²) < 4.78 is 15.8. The van der Waals surface area contributed by atoms with Crippen LogP contribution in [0.2, 0.25) is 0 Å². The lowest BCUT2D eigenvalue weighted by molar-refractivity contribution is 0.0516. The van der Waals surface area contributed by atoms with Crippen molar-refractivity contribution in [3.63, 3.8) is 0 Å². The van der Waals surface area contributed by atoms with Gasteiger partial charge in [-0.3, -0.25) is 0 Å². The maximum absolute atomic E-state index is 11.7. The van der Waals surface area contributed by atoms with Crippen LogP contribution in [0, 0.1) is 0 Å². The van der Waals surface area contributed by atoms with Crippen molar-refractivity contribution in [3.05, 3.63) is 28.7 Å². The second-order valence-electron chi connectivity index (χ2n) is 4.05. The summed E-state index contributed by atoms with van der Waals surface area (Å²) in [6.45, 7) is 1.84. The molecule has 0 aliphatic heterocycles. The van der Waals surface area contributed by atoms with Crippen LogP contribution in [0.1, 0.15) is 17.4 Å². The summed E-state index contributed by atoms with van der Waals surface area (Å²) in [7, 11) is 0. The zero-order valence-corrected chi connectivity index (χ0v) is 12.4. The van der Waals surface area contributed by atoms with E-state index in [1.807, 2.05) is 0 Å². The number of esters is 1. The summed E-state index contributed by atoms with van der Waals surface area (Å²) in [5, 5.41) is 14.4. The number of hydrogen-bond acceptors (Lipinski definition) is 7. The standard InChI is InChI=1S/C13H9BrN2O5/c1-2-19-13(18)10-11(17)12-6(5-15-10)9(16-21-12)7-3-4-8(14)20-7/h3-5,17H,2H2,1H3. The molecule has 108 valence electrons. The Kier molecular flexibility index (Phi) is 3.38. The van der Waals surface area contributed by atoms with E-state index >= 15 is 0 Å². The SMILES string of the molecule is CCOC(=O)c1ncc2c(-c3ccc(Br)o3)noc2c1O. The molecular formula is C13H9BrN2O5. The summed E-state index contributed by atoms with van der Waals surface area (Å²) in [4.78, 5) is 15.6. The van der Waals surface area contributed by atoms with E-state index in [1.165, 1.54) is 6.20 Å². The molecule has 0 aromatic carbocycles. The number of fused-ring (bicyclic) bond motifs is 1. The van der Waals surface area contributed by atoms with Crippen molar-refractivity contribution in [1.29, 1.82) is 0 Å². The minimum atomic E-state index is -0.726. The number of pyridine rings is 1. The zero-order valence-electron chi connectivity index (χ0n) is 10.8. The molecule has 3 heterocycles. The van der Waals surface area contributed by atoms with Crippen LogP contribution in [0.15, 0.2) is 31.9 Å². The van der Waals surface area contributed by atoms with E-state index in [-0.39, 0.29) is 17.9 Å². The molecule has 3 aromatic rings. The third-order valence-electron chi connectivity index (χ3n) is 2.77. The van der Waals surface area contributed by atoms with Gasteiger partial charge in [-0.15, -0.1) is 0 Å². The highest BCUT2D eigenvalue weighted by Gasteiger charge is 2.23. The number of nitrogens with zero attached hydrogens (tertiary/aromatic N) is 2. The summed E-state index contributed by atoms with van der Waals surface area (Å²) in [5.41, 5.74) is 0.220. The number of hydrogen-bond donors (Lipinski definition) is 1. The molecule has 1 N–H and O–H groups in total. The van der Waals surface area contributed by atoms with Crippen LogP contribution < -0.4 is 0 Å². The number of rotatable bonds is 3. The second-order valence-corrected chi connectivity index (χ2v) is 4.84. The molecule has 7 nitrogen and oxygen atoms in total. The molecule has 0 spiro atoms. The van der Waals surface area contributed by atoms with E-state index in [2.05, 4.69) is 26.1 Å². The van der Waals surface area contributed by atoms with Crippen molar-refractivity contribution in [2.75, 3.05) is 6.61 Å². The molecule has 0 radical (unpaired) electrons. The van der Waals surface area contributed by atoms with Crippen molar-refractivity contribution in [1.82, 2.24) is 10.1 Å². The Morgan fingerprint density at radius 3 is 2.95 bits per heavy atom. The van der Waals surface area contributed by atoms with Crippen LogP contribution in [0.5, 0.6) is 5.75 Å². The van der Waals surface area contributed by atoms with Gasteiger partial charge in [-0.2, -0.15) is 0 Å². The van der Waals surface area contributed by atoms with Crippen LogP contribution in [-0.4, -0.2) is 27.8 Å². The second kappa shape index (κ2) is 5.21. The van der Waals surface area contributed by atoms with Gasteiger partial charge in [0.05, 0.1) is 12.0 Å². The van der Waals surface area contributed by atoms with Gasteiger partial charge in [-0.25, -0.2) is 9.78 Å². The highest BCUT2D eigenvalue weighted by molar-refractivity contribution is 9.10. The van der Waals surface area contributed by atoms with Crippen LogP contribution >= 0.6 is 15.9 Å². The lowest BCUT2D eigenvalue weighted by Gasteiger charge is -2.02. The van der Waals surface area contributed by atoms with Crippen molar-refractivity contribution in [2.45, 2.75) is 6.92 Å². The number of halogens is 1. The average Bonchev–Trinajstić information content (AvgIpc) is 3.05. The van der Waals surface area contributed by atoms with Gasteiger partial charge in [-0.05, 0) is 35.0 Å². The van der Waals surface area contributed by atoms with E-state index in [0.29, 0.717) is 21.5 Å². The quantitative estimate of drug-likeness (QED) is 0.722. The summed E-state index contributed by atoms with van der Waals surface area (Å²) >= 11 is 3.19. The van der Waals surface area contributed by atoms with Gasteiger partial charge in [0, 0.05) is 6.20 Å². The zero-order chi connectivity index (χ0) is 15.0. The first-order valence-electron chi connectivity index (χ1n) is 6.02. The Bertz CT molecular complexity index is 823. The summed E-state index contributed by atoms with van der Waals surface area (Å²) in [6.07, 6.45) is 1.38. The molecule has 0 atom stereocenters. The third kappa shape index (κ3) is 2.27. The molecule has 0 saturated carbocycles. The number of aromatic nitrogens is 2. The fraction of sp³-hybridized carbons (Fsp3) is 0.154. The molecule has 3 rings (SSSR count). The number of carbonyl (C=O) groups is 1. The molecule has 0 aliphatic carbocycles. The van der Waals surface area contributed by atoms with Crippen LogP contribution in [0.4, 0.5) is 0 Å². The number of carbonyl (C=O) groups excluding carboxylic acids is 1. The van der Waals surface area contributed by atoms with Crippen LogP contribution in [0.25, 0.3) is 22.4 Å². The first-order valence-corrected chi connectivity index (χ1v) is 6.81. The maximum Gasteiger partial charge on any atom is 0.360 e. The van der Waals surface area contributed by atoms with Gasteiger partial charge in [-0.1, -0.05) is 5.16 Å². The van der Waals surface area contributed by atoms with E-state index in [4.69, 9.17) is 13.7 Å². The third-order valence-corrected chi connectivity index (χ3v) is 3.19. The highest BCUT2D eigenvalue weighted by atomic mass is 79.9. The largest absolute Gasteiger partial charge is 0.502 e. The van der Waals surface area contributed by atoms with Crippen molar-refractivity contribution >= 4 is 32.9 Å². The topological polar surface area (TPSA) is 98.6 Å². The molecule has 0 aliphatic rings. The lowest BCUT2D eigenvalue weighted by Crippen LogP contribution is -2.07. The van der Waals surface area contributed by atoms with Gasteiger partial charge < -0.3 is 18.8 Å². The van der Waals surface area contributed by atoms with Gasteiger partial charge >= 0.3 is 5.97 Å². The monoisotopic (exact) mass is 352 g/mol. The minimum absolute atomic E-state index is 0.0515. The van der Waals surface area contributed by atoms with E-state index < -0.39 is 11.7 Å². The summed E-state index contributed by atoms with van der Waals surface area (Å²) in [5.74, 6) is -0.684. The van der Waals surface area contributed by atoms with Crippen LogP contribution in [0.3, 0.4) is 0 Å². The summed E-state index contributed by atoms with van der Waals surface area (Å²) in [6, 6.07) is 3.40.